The predicted octanol–water partition coefficient (Wildman–Crippen LogP) is 5.98. The number of benzene rings is 1. The Labute approximate surface area is 202 Å². The quantitative estimate of drug-likeness (QED) is 0.263. The molecule has 3 aromatic heterocycles. The Bertz CT molecular complexity index is 1400. The third kappa shape index (κ3) is 3.96. The van der Waals surface area contributed by atoms with Crippen LogP contribution in [0.25, 0.3) is 22.4 Å². The minimum absolute atomic E-state index is 0.292. The summed E-state index contributed by atoms with van der Waals surface area (Å²) in [5.74, 6) is 2.09. The van der Waals surface area contributed by atoms with Gasteiger partial charge in [0.15, 0.2) is 11.0 Å². The molecule has 0 spiro atoms. The van der Waals surface area contributed by atoms with Crippen LogP contribution in [0.4, 0.5) is 0 Å². The van der Waals surface area contributed by atoms with E-state index in [9.17, 15) is 4.79 Å². The fourth-order valence-electron chi connectivity index (χ4n) is 5.60. The second kappa shape index (κ2) is 9.02. The molecule has 1 fully saturated rings. The van der Waals surface area contributed by atoms with E-state index >= 15 is 0 Å². The zero-order chi connectivity index (χ0) is 23.1. The Balaban J connectivity index is 1.38. The summed E-state index contributed by atoms with van der Waals surface area (Å²) in [5.41, 5.74) is 5.08. The van der Waals surface area contributed by atoms with E-state index in [1.807, 2.05) is 18.3 Å². The highest BCUT2D eigenvalue weighted by Gasteiger charge is 2.29. The van der Waals surface area contributed by atoms with Crippen molar-refractivity contribution in [2.24, 2.45) is 5.92 Å². The maximum atomic E-state index is 12.3. The lowest BCUT2D eigenvalue weighted by Crippen LogP contribution is -2.22. The molecule has 0 amide bonds. The average Bonchev–Trinajstić information content (AvgIpc) is 3.48. The lowest BCUT2D eigenvalue weighted by Gasteiger charge is -2.31. The van der Waals surface area contributed by atoms with Crippen molar-refractivity contribution in [3.63, 3.8) is 0 Å². The van der Waals surface area contributed by atoms with Gasteiger partial charge in [-0.3, -0.25) is 9.55 Å². The first-order valence-electron chi connectivity index (χ1n) is 12.2. The largest absolute Gasteiger partial charge is 0.423 e. The van der Waals surface area contributed by atoms with Gasteiger partial charge in [0.25, 0.3) is 0 Å². The molecule has 0 saturated heterocycles. The summed E-state index contributed by atoms with van der Waals surface area (Å²) in [4.78, 5) is 16.7. The summed E-state index contributed by atoms with van der Waals surface area (Å²) < 4.78 is 7.90. The normalized spacial score (nSPS) is 20.0. The number of aryl methyl sites for hydroxylation is 2. The smallest absolute Gasteiger partial charge is 0.336 e. The van der Waals surface area contributed by atoms with Crippen LogP contribution in [0.3, 0.4) is 0 Å². The number of rotatable bonds is 5. The molecule has 0 aliphatic heterocycles. The van der Waals surface area contributed by atoms with Crippen LogP contribution in [0, 0.1) is 5.92 Å². The minimum Gasteiger partial charge on any atom is -0.423 e. The van der Waals surface area contributed by atoms with Crippen molar-refractivity contribution < 1.29 is 4.42 Å². The maximum absolute atomic E-state index is 12.3. The van der Waals surface area contributed by atoms with Gasteiger partial charge in [0, 0.05) is 41.2 Å². The molecule has 34 heavy (non-hydrogen) atoms. The number of thioether (sulfide) groups is 1. The Kier molecular flexibility index (Phi) is 5.73. The monoisotopic (exact) mass is 472 g/mol. The number of aromatic nitrogens is 4. The van der Waals surface area contributed by atoms with Gasteiger partial charge in [-0.05, 0) is 79.0 Å². The van der Waals surface area contributed by atoms with Crippen LogP contribution in [0.5, 0.6) is 0 Å². The van der Waals surface area contributed by atoms with Crippen molar-refractivity contribution in [2.75, 3.05) is 0 Å². The summed E-state index contributed by atoms with van der Waals surface area (Å²) >= 11 is 1.66. The van der Waals surface area contributed by atoms with Crippen LogP contribution in [-0.4, -0.2) is 19.7 Å². The van der Waals surface area contributed by atoms with E-state index in [4.69, 9.17) is 4.42 Å². The third-order valence-electron chi connectivity index (χ3n) is 7.38. The molecule has 0 N–H and O–H groups in total. The van der Waals surface area contributed by atoms with Gasteiger partial charge in [0.05, 0.1) is 0 Å². The van der Waals surface area contributed by atoms with Crippen LogP contribution in [0.1, 0.15) is 61.8 Å². The van der Waals surface area contributed by atoms with Crippen molar-refractivity contribution in [1.29, 1.82) is 0 Å². The number of pyridine rings is 1. The fraction of sp³-hybridized carbons (Fsp3) is 0.407. The summed E-state index contributed by atoms with van der Waals surface area (Å²) in [5, 5.41) is 11.2. The molecular formula is C27H28N4O2S. The molecule has 7 heteroatoms. The first-order chi connectivity index (χ1) is 16.7. The second-order valence-corrected chi connectivity index (χ2v) is 10.5. The van der Waals surface area contributed by atoms with E-state index in [2.05, 4.69) is 38.8 Å². The molecule has 0 bridgehead atoms. The van der Waals surface area contributed by atoms with Gasteiger partial charge in [-0.15, -0.1) is 10.2 Å². The topological polar surface area (TPSA) is 73.8 Å². The summed E-state index contributed by atoms with van der Waals surface area (Å²) in [7, 11) is 0. The SMILES string of the molecule is C[C@H]1CCCC[C@@H]1n1c(SCc2cc(=O)oc3cc4c(cc23)CCC4)nnc1-c1cccnc1. The standard InChI is InChI=1S/C27H28N4O2S/c1-17-6-2-3-10-23(17)31-26(20-9-5-11-28-15-20)29-30-27(31)34-16-21-14-25(32)33-24-13-19-8-4-7-18(19)12-22(21)24/h5,9,11-15,17,23H,2-4,6-8,10,16H2,1H3/t17-,23-/m0/s1. The fourth-order valence-corrected chi connectivity index (χ4v) is 6.59. The highest BCUT2D eigenvalue weighted by molar-refractivity contribution is 7.98. The van der Waals surface area contributed by atoms with Gasteiger partial charge < -0.3 is 4.42 Å². The number of hydrogen-bond donors (Lipinski definition) is 0. The van der Waals surface area contributed by atoms with E-state index in [0.29, 0.717) is 23.3 Å². The Morgan fingerprint density at radius 1 is 1.09 bits per heavy atom. The van der Waals surface area contributed by atoms with Gasteiger partial charge in [-0.2, -0.15) is 0 Å². The molecule has 0 radical (unpaired) electrons. The van der Waals surface area contributed by atoms with Gasteiger partial charge in [-0.25, -0.2) is 4.79 Å². The minimum atomic E-state index is -0.292. The van der Waals surface area contributed by atoms with Crippen molar-refractivity contribution in [3.05, 3.63) is 69.8 Å². The van der Waals surface area contributed by atoms with Crippen molar-refractivity contribution in [1.82, 2.24) is 19.7 Å². The second-order valence-electron chi connectivity index (χ2n) is 9.60. The van der Waals surface area contributed by atoms with Crippen molar-refractivity contribution >= 4 is 22.7 Å². The van der Waals surface area contributed by atoms with E-state index in [1.165, 1.54) is 36.8 Å². The van der Waals surface area contributed by atoms with Crippen molar-refractivity contribution in [2.45, 2.75) is 68.8 Å². The highest BCUT2D eigenvalue weighted by atomic mass is 32.2. The molecule has 2 aliphatic rings. The van der Waals surface area contributed by atoms with Gasteiger partial charge in [0.2, 0.25) is 0 Å². The molecule has 2 atom stereocenters. The zero-order valence-corrected chi connectivity index (χ0v) is 20.2. The maximum Gasteiger partial charge on any atom is 0.336 e. The number of fused-ring (bicyclic) bond motifs is 2. The predicted molar refractivity (Wildman–Crippen MR) is 134 cm³/mol. The van der Waals surface area contributed by atoms with Gasteiger partial charge in [-0.1, -0.05) is 31.5 Å². The van der Waals surface area contributed by atoms with E-state index in [0.717, 1.165) is 46.8 Å². The van der Waals surface area contributed by atoms with Crippen LogP contribution in [0.2, 0.25) is 0 Å². The average molecular weight is 473 g/mol. The Morgan fingerprint density at radius 3 is 2.76 bits per heavy atom. The van der Waals surface area contributed by atoms with Crippen LogP contribution < -0.4 is 5.63 Å². The number of hydrogen-bond acceptors (Lipinski definition) is 6. The van der Waals surface area contributed by atoms with Crippen LogP contribution in [0.15, 0.2) is 57.1 Å². The molecule has 1 saturated carbocycles. The lowest BCUT2D eigenvalue weighted by atomic mass is 9.85. The summed E-state index contributed by atoms with van der Waals surface area (Å²) in [6.07, 6.45) is 11.8. The molecular weight excluding hydrogens is 444 g/mol. The molecule has 6 rings (SSSR count). The molecule has 2 aliphatic carbocycles. The summed E-state index contributed by atoms with van der Waals surface area (Å²) in [6.45, 7) is 2.34. The van der Waals surface area contributed by atoms with Crippen LogP contribution in [-0.2, 0) is 18.6 Å². The third-order valence-corrected chi connectivity index (χ3v) is 8.37. The molecule has 1 aromatic carbocycles. The Hall–Kier alpha value is -2.93. The number of nitrogens with zero attached hydrogens (tertiary/aromatic N) is 4. The van der Waals surface area contributed by atoms with E-state index in [1.54, 1.807) is 24.0 Å². The van der Waals surface area contributed by atoms with Crippen molar-refractivity contribution in [3.8, 4) is 11.4 Å². The van der Waals surface area contributed by atoms with Crippen LogP contribution >= 0.6 is 11.8 Å². The van der Waals surface area contributed by atoms with Gasteiger partial charge >= 0.3 is 5.63 Å². The van der Waals surface area contributed by atoms with E-state index < -0.39 is 0 Å². The zero-order valence-electron chi connectivity index (χ0n) is 19.4. The first kappa shape index (κ1) is 21.6. The summed E-state index contributed by atoms with van der Waals surface area (Å²) in [6, 6.07) is 10.3. The van der Waals surface area contributed by atoms with Gasteiger partial charge in [0.1, 0.15) is 5.58 Å². The van der Waals surface area contributed by atoms with E-state index in [-0.39, 0.29) is 5.63 Å². The highest BCUT2D eigenvalue weighted by Crippen LogP contribution is 2.40. The molecule has 3 heterocycles. The molecule has 4 aromatic rings. The lowest BCUT2D eigenvalue weighted by molar-refractivity contribution is 0.247. The Morgan fingerprint density at radius 2 is 1.94 bits per heavy atom. The first-order valence-corrected chi connectivity index (χ1v) is 13.2. The molecule has 0 unspecified atom stereocenters. The molecule has 174 valence electrons. The molecule has 6 nitrogen and oxygen atoms in total.